The number of rotatable bonds is 3. The smallest absolute Gasteiger partial charge is 0.385 e. The van der Waals surface area contributed by atoms with E-state index in [9.17, 15) is 4.79 Å². The van der Waals surface area contributed by atoms with Gasteiger partial charge < -0.3 is 4.74 Å². The summed E-state index contributed by atoms with van der Waals surface area (Å²) in [6, 6.07) is 0. The maximum absolute atomic E-state index is 10.9. The van der Waals surface area contributed by atoms with Crippen LogP contribution < -0.4 is 0 Å². The molecule has 0 saturated carbocycles. The highest BCUT2D eigenvalue weighted by molar-refractivity contribution is 7.98. The molecule has 16 heavy (non-hydrogen) atoms. The summed E-state index contributed by atoms with van der Waals surface area (Å²) in [5.74, 6) is 19.7. The topological polar surface area (TPSA) is 26.3 Å². The van der Waals surface area contributed by atoms with Crippen molar-refractivity contribution in [1.82, 2.24) is 0 Å². The van der Waals surface area contributed by atoms with Crippen molar-refractivity contribution >= 4 is 17.7 Å². The van der Waals surface area contributed by atoms with E-state index < -0.39 is 5.97 Å². The van der Waals surface area contributed by atoms with Crippen LogP contribution in [-0.4, -0.2) is 24.6 Å². The van der Waals surface area contributed by atoms with E-state index in [1.165, 1.54) is 0 Å². The second-order valence-electron chi connectivity index (χ2n) is 2.25. The highest BCUT2D eigenvalue weighted by Crippen LogP contribution is 1.90. The van der Waals surface area contributed by atoms with Crippen LogP contribution in [-0.2, 0) is 9.53 Å². The maximum atomic E-state index is 10.9. The molecule has 80 valence electrons. The number of esters is 1. The predicted octanol–water partition coefficient (Wildman–Crippen LogP) is 0.926. The lowest BCUT2D eigenvalue weighted by molar-refractivity contribution is -0.136. The van der Waals surface area contributed by atoms with E-state index in [1.807, 2.05) is 6.26 Å². The molecule has 0 aliphatic carbocycles. The van der Waals surface area contributed by atoms with Crippen molar-refractivity contribution in [3.63, 3.8) is 0 Å². The monoisotopic (exact) mass is 230 g/mol. The van der Waals surface area contributed by atoms with Crippen LogP contribution >= 0.6 is 11.8 Å². The largest absolute Gasteiger partial charge is 0.455 e. The van der Waals surface area contributed by atoms with Crippen LogP contribution in [0.4, 0.5) is 0 Å². The number of ether oxygens (including phenoxy) is 1. The molecule has 0 aromatic heterocycles. The Kier molecular flexibility index (Phi) is 9.79. The Hall–Kier alpha value is -1.94. The molecule has 0 aromatic carbocycles. The first-order valence-electron chi connectivity index (χ1n) is 4.39. The van der Waals surface area contributed by atoms with Gasteiger partial charge in [-0.15, -0.1) is 0 Å². The van der Waals surface area contributed by atoms with Crippen molar-refractivity contribution in [2.75, 3.05) is 18.6 Å². The molecule has 0 heterocycles. The van der Waals surface area contributed by atoms with Gasteiger partial charge in [-0.05, 0) is 48.7 Å². The molecular formula is C13H10O2S. The zero-order valence-electron chi connectivity index (χ0n) is 9.14. The third-order valence-corrected chi connectivity index (χ3v) is 1.70. The first kappa shape index (κ1) is 14.1. The second-order valence-corrected chi connectivity index (χ2v) is 3.24. The average Bonchev–Trinajstić information content (AvgIpc) is 2.28. The quantitative estimate of drug-likeness (QED) is 0.312. The SMILES string of the molecule is CC#CC#CC#CC#CC(=O)OCCSC. The number of hydrogen-bond acceptors (Lipinski definition) is 3. The van der Waals surface area contributed by atoms with E-state index in [-0.39, 0.29) is 0 Å². The van der Waals surface area contributed by atoms with Crippen LogP contribution in [0.5, 0.6) is 0 Å². The molecule has 0 N–H and O–H groups in total. The van der Waals surface area contributed by atoms with Gasteiger partial charge in [0.25, 0.3) is 0 Å². The second kappa shape index (κ2) is 11.1. The maximum Gasteiger partial charge on any atom is 0.385 e. The van der Waals surface area contributed by atoms with Crippen LogP contribution in [0.3, 0.4) is 0 Å². The van der Waals surface area contributed by atoms with Gasteiger partial charge >= 0.3 is 5.97 Å². The summed E-state index contributed by atoms with van der Waals surface area (Å²) < 4.78 is 4.77. The number of carbonyl (C=O) groups excluding carboxylic acids is 1. The molecule has 0 radical (unpaired) electrons. The molecule has 2 nitrogen and oxygen atoms in total. The Labute approximate surface area is 101 Å². The molecule has 0 bridgehead atoms. The average molecular weight is 230 g/mol. The Morgan fingerprint density at radius 3 is 2.38 bits per heavy atom. The molecule has 0 aliphatic heterocycles. The fraction of sp³-hybridized carbons (Fsp3) is 0.308. The molecule has 0 aromatic rings. The highest BCUT2D eigenvalue weighted by Gasteiger charge is 1.93. The van der Waals surface area contributed by atoms with Crippen molar-refractivity contribution in [1.29, 1.82) is 0 Å². The molecule has 0 rings (SSSR count). The standard InChI is InChI=1S/C13H10O2S/c1-3-4-5-6-7-8-9-10-13(14)15-11-12-16-2/h11-12H2,1-2H3. The van der Waals surface area contributed by atoms with Crippen LogP contribution in [0.1, 0.15) is 6.92 Å². The number of thioether (sulfide) groups is 1. The Balaban J connectivity index is 3.96. The fourth-order valence-electron chi connectivity index (χ4n) is 0.524. The van der Waals surface area contributed by atoms with Gasteiger partial charge in [-0.1, -0.05) is 5.92 Å². The van der Waals surface area contributed by atoms with E-state index in [4.69, 9.17) is 4.74 Å². The van der Waals surface area contributed by atoms with Crippen molar-refractivity contribution in [3.8, 4) is 47.4 Å². The zero-order chi connectivity index (χ0) is 12.1. The summed E-state index contributed by atoms with van der Waals surface area (Å²) >= 11 is 1.60. The van der Waals surface area contributed by atoms with Crippen LogP contribution in [0.25, 0.3) is 0 Å². The van der Waals surface area contributed by atoms with E-state index in [2.05, 4.69) is 47.4 Å². The Morgan fingerprint density at radius 2 is 1.75 bits per heavy atom. The molecule has 0 unspecified atom stereocenters. The van der Waals surface area contributed by atoms with Crippen LogP contribution in [0, 0.1) is 47.4 Å². The van der Waals surface area contributed by atoms with Gasteiger partial charge in [-0.3, -0.25) is 0 Å². The third kappa shape index (κ3) is 10.1. The van der Waals surface area contributed by atoms with Gasteiger partial charge in [-0.2, -0.15) is 11.8 Å². The lowest BCUT2D eigenvalue weighted by Gasteiger charge is -1.95. The summed E-state index contributed by atoms with van der Waals surface area (Å²) in [4.78, 5) is 10.9. The number of carbonyl (C=O) groups is 1. The molecule has 0 amide bonds. The normalized spacial score (nSPS) is 6.38. The zero-order valence-corrected chi connectivity index (χ0v) is 9.96. The minimum Gasteiger partial charge on any atom is -0.455 e. The van der Waals surface area contributed by atoms with Crippen molar-refractivity contribution < 1.29 is 9.53 Å². The van der Waals surface area contributed by atoms with Crippen molar-refractivity contribution in [2.45, 2.75) is 6.92 Å². The predicted molar refractivity (Wildman–Crippen MR) is 66.1 cm³/mol. The van der Waals surface area contributed by atoms with Crippen molar-refractivity contribution in [2.24, 2.45) is 0 Å². The molecule has 0 fully saturated rings. The number of hydrogen-bond donors (Lipinski definition) is 0. The summed E-state index contributed by atoms with van der Waals surface area (Å²) in [6.45, 7) is 2.06. The Bertz CT molecular complexity index is 461. The van der Waals surface area contributed by atoms with E-state index >= 15 is 0 Å². The lowest BCUT2D eigenvalue weighted by Crippen LogP contribution is -2.04. The third-order valence-electron chi connectivity index (χ3n) is 1.12. The van der Waals surface area contributed by atoms with Gasteiger partial charge in [0.15, 0.2) is 0 Å². The first-order valence-corrected chi connectivity index (χ1v) is 5.79. The Morgan fingerprint density at radius 1 is 1.12 bits per heavy atom. The van der Waals surface area contributed by atoms with Gasteiger partial charge in [0.05, 0.1) is 0 Å². The summed E-state index contributed by atoms with van der Waals surface area (Å²) in [7, 11) is 0. The van der Waals surface area contributed by atoms with E-state index in [1.54, 1.807) is 18.7 Å². The van der Waals surface area contributed by atoms with E-state index in [0.29, 0.717) is 6.61 Å². The van der Waals surface area contributed by atoms with Gasteiger partial charge in [0.2, 0.25) is 0 Å². The van der Waals surface area contributed by atoms with Crippen LogP contribution in [0.15, 0.2) is 0 Å². The first-order chi connectivity index (χ1) is 7.81. The molecular weight excluding hydrogens is 220 g/mol. The molecule has 0 saturated heterocycles. The lowest BCUT2D eigenvalue weighted by atomic mass is 10.5. The minimum absolute atomic E-state index is 0.369. The van der Waals surface area contributed by atoms with Crippen molar-refractivity contribution in [3.05, 3.63) is 0 Å². The van der Waals surface area contributed by atoms with Crippen LogP contribution in [0.2, 0.25) is 0 Å². The van der Waals surface area contributed by atoms with Gasteiger partial charge in [0.1, 0.15) is 6.61 Å². The molecule has 0 spiro atoms. The summed E-state index contributed by atoms with van der Waals surface area (Å²) in [5, 5.41) is 0. The fourth-order valence-corrected chi connectivity index (χ4v) is 0.774. The summed E-state index contributed by atoms with van der Waals surface area (Å²) in [6.07, 6.45) is 1.93. The highest BCUT2D eigenvalue weighted by atomic mass is 32.2. The molecule has 3 heteroatoms. The molecule has 0 aliphatic rings. The van der Waals surface area contributed by atoms with Gasteiger partial charge in [0, 0.05) is 11.7 Å². The van der Waals surface area contributed by atoms with Gasteiger partial charge in [-0.25, -0.2) is 4.79 Å². The minimum atomic E-state index is -0.565. The van der Waals surface area contributed by atoms with E-state index in [0.717, 1.165) is 5.75 Å². The summed E-state index contributed by atoms with van der Waals surface area (Å²) in [5.41, 5.74) is 0. The molecule has 0 atom stereocenters.